The molecule has 2 aromatic rings. The lowest BCUT2D eigenvalue weighted by atomic mass is 10.5. The third-order valence-electron chi connectivity index (χ3n) is 1.50. The van der Waals surface area contributed by atoms with Crippen LogP contribution in [0.2, 0.25) is 5.02 Å². The van der Waals surface area contributed by atoms with Gasteiger partial charge in [0.25, 0.3) is 0 Å². The zero-order valence-corrected chi connectivity index (χ0v) is 8.79. The van der Waals surface area contributed by atoms with Crippen LogP contribution >= 0.6 is 24.0 Å². The van der Waals surface area contributed by atoms with Gasteiger partial charge in [0.05, 0.1) is 11.2 Å². The molecule has 0 aliphatic heterocycles. The Hall–Kier alpha value is -1.37. The predicted octanol–water partition coefficient (Wildman–Crippen LogP) is 0.678. The molecule has 6 nitrogen and oxygen atoms in total. The maximum absolute atomic E-state index is 10.5. The lowest BCUT2D eigenvalue weighted by molar-refractivity contribution is 0.0691. The van der Waals surface area contributed by atoms with Gasteiger partial charge in [-0.15, -0.1) is 12.4 Å². The molecule has 0 saturated carbocycles. The summed E-state index contributed by atoms with van der Waals surface area (Å²) in [7, 11) is 0. The van der Waals surface area contributed by atoms with Crippen LogP contribution < -0.4 is 0 Å². The number of hydrogen-bond donors (Lipinski definition) is 1. The van der Waals surface area contributed by atoms with Gasteiger partial charge < -0.3 is 10.6 Å². The predicted molar refractivity (Wildman–Crippen MR) is 55.8 cm³/mol. The lowest BCUT2D eigenvalue weighted by Crippen LogP contribution is -1.94. The second-order valence-electron chi connectivity index (χ2n) is 2.41. The molecule has 0 fully saturated rings. The third-order valence-corrected chi connectivity index (χ3v) is 1.69. The molecule has 0 atom stereocenters. The molecule has 15 heavy (non-hydrogen) atoms. The van der Waals surface area contributed by atoms with Crippen LogP contribution in [0.5, 0.6) is 0 Å². The fraction of sp³-hybridized carbons (Fsp3) is 0. The Balaban J connectivity index is 0.000000980. The zero-order chi connectivity index (χ0) is 9.42. The monoisotopic (exact) mass is 251 g/mol. The molecule has 0 bridgehead atoms. The number of hydrogen-bond acceptors (Lipinski definition) is 3. The molecule has 2 aromatic heterocycles. The summed E-state index contributed by atoms with van der Waals surface area (Å²) in [5.74, 6) is -0.761. The van der Waals surface area contributed by atoms with Gasteiger partial charge in [-0.05, 0) is 0 Å². The summed E-state index contributed by atoms with van der Waals surface area (Å²) in [6.07, 6.45) is 4.31. The number of aromatic carboxylic acids is 1. The third kappa shape index (κ3) is 2.56. The zero-order valence-electron chi connectivity index (χ0n) is 7.22. The fourth-order valence-electron chi connectivity index (χ4n) is 0.963. The van der Waals surface area contributed by atoms with E-state index in [-0.39, 0.29) is 23.6 Å². The maximum atomic E-state index is 10.5. The van der Waals surface area contributed by atoms with Gasteiger partial charge in [0, 0.05) is 12.4 Å². The average molecular weight is 252 g/mol. The van der Waals surface area contributed by atoms with Crippen LogP contribution in [-0.4, -0.2) is 30.9 Å². The van der Waals surface area contributed by atoms with Crippen molar-refractivity contribution < 1.29 is 15.4 Å². The van der Waals surface area contributed by atoms with E-state index in [9.17, 15) is 4.79 Å². The van der Waals surface area contributed by atoms with Gasteiger partial charge in [-0.3, -0.25) is 4.40 Å². The standard InChI is InChI=1S/C7H4ClN3O2.ClH.H2O/c8-4-1-9-7-10-5(6(12)13)3-11(7)2-4;;/h1-3H,(H,12,13);1H;1H2. The van der Waals surface area contributed by atoms with Crippen LogP contribution in [0.4, 0.5) is 0 Å². The number of imidazole rings is 1. The number of carboxylic acid groups (broad SMARTS) is 1. The number of rotatable bonds is 1. The van der Waals surface area contributed by atoms with E-state index in [0.717, 1.165) is 0 Å². The molecular formula is C7H7Cl2N3O3. The maximum Gasteiger partial charge on any atom is 0.356 e. The highest BCUT2D eigenvalue weighted by Crippen LogP contribution is 2.08. The minimum absolute atomic E-state index is 0. The molecule has 2 heterocycles. The van der Waals surface area contributed by atoms with E-state index in [1.807, 2.05) is 0 Å². The minimum Gasteiger partial charge on any atom is -0.476 e. The molecule has 2 rings (SSSR count). The Kier molecular flexibility index (Phi) is 4.47. The molecule has 0 amide bonds. The molecule has 0 unspecified atom stereocenters. The number of aromatic nitrogens is 3. The first-order valence-corrected chi connectivity index (χ1v) is 3.78. The topological polar surface area (TPSA) is 99.0 Å². The number of nitrogens with zero attached hydrogens (tertiary/aromatic N) is 3. The highest BCUT2D eigenvalue weighted by atomic mass is 35.5. The van der Waals surface area contributed by atoms with Crippen LogP contribution in [0, 0.1) is 0 Å². The second kappa shape index (κ2) is 4.92. The molecule has 0 aromatic carbocycles. The Morgan fingerprint density at radius 2 is 2.13 bits per heavy atom. The average Bonchev–Trinajstić information content (AvgIpc) is 2.46. The van der Waals surface area contributed by atoms with Crippen molar-refractivity contribution >= 4 is 35.8 Å². The molecule has 0 radical (unpaired) electrons. The summed E-state index contributed by atoms with van der Waals surface area (Å²) in [6, 6.07) is 0. The normalized spacial score (nSPS) is 9.13. The summed E-state index contributed by atoms with van der Waals surface area (Å²) in [5, 5.41) is 9.05. The second-order valence-corrected chi connectivity index (χ2v) is 2.85. The SMILES string of the molecule is Cl.O.O=C(O)c1cn2cc(Cl)cnc2n1. The largest absolute Gasteiger partial charge is 0.476 e. The van der Waals surface area contributed by atoms with Crippen molar-refractivity contribution in [3.63, 3.8) is 0 Å². The van der Waals surface area contributed by atoms with Gasteiger partial charge >= 0.3 is 5.97 Å². The van der Waals surface area contributed by atoms with E-state index in [1.54, 1.807) is 6.20 Å². The fourth-order valence-corrected chi connectivity index (χ4v) is 1.12. The van der Waals surface area contributed by atoms with Gasteiger partial charge in [0.2, 0.25) is 5.78 Å². The Labute approximate surface area is 95.2 Å². The van der Waals surface area contributed by atoms with Crippen LogP contribution in [0.15, 0.2) is 18.6 Å². The summed E-state index contributed by atoms with van der Waals surface area (Å²) in [6.45, 7) is 0. The van der Waals surface area contributed by atoms with E-state index in [1.165, 1.54) is 16.8 Å². The summed E-state index contributed by atoms with van der Waals surface area (Å²) < 4.78 is 1.46. The van der Waals surface area contributed by atoms with Crippen LogP contribution in [-0.2, 0) is 0 Å². The van der Waals surface area contributed by atoms with Gasteiger partial charge in [0.1, 0.15) is 0 Å². The van der Waals surface area contributed by atoms with Gasteiger partial charge in [-0.1, -0.05) is 11.6 Å². The quantitative estimate of drug-likeness (QED) is 0.806. The molecule has 0 spiro atoms. The molecule has 3 N–H and O–H groups in total. The highest BCUT2D eigenvalue weighted by Gasteiger charge is 2.08. The van der Waals surface area contributed by atoms with Crippen molar-refractivity contribution in [2.45, 2.75) is 0 Å². The van der Waals surface area contributed by atoms with Crippen LogP contribution in [0.1, 0.15) is 10.5 Å². The molecule has 0 saturated heterocycles. The summed E-state index contributed by atoms with van der Waals surface area (Å²) in [4.78, 5) is 18.1. The Morgan fingerprint density at radius 3 is 2.73 bits per heavy atom. The van der Waals surface area contributed by atoms with E-state index in [2.05, 4.69) is 9.97 Å². The van der Waals surface area contributed by atoms with E-state index in [0.29, 0.717) is 10.8 Å². The van der Waals surface area contributed by atoms with Crippen molar-refractivity contribution in [2.75, 3.05) is 0 Å². The first kappa shape index (κ1) is 13.6. The summed E-state index contributed by atoms with van der Waals surface area (Å²) >= 11 is 5.65. The lowest BCUT2D eigenvalue weighted by Gasteiger charge is -1.90. The van der Waals surface area contributed by atoms with E-state index >= 15 is 0 Å². The minimum atomic E-state index is -1.08. The van der Waals surface area contributed by atoms with Crippen molar-refractivity contribution in [2.24, 2.45) is 0 Å². The summed E-state index contributed by atoms with van der Waals surface area (Å²) in [5.41, 5.74) is -0.0465. The molecule has 0 aliphatic carbocycles. The van der Waals surface area contributed by atoms with Crippen molar-refractivity contribution in [3.8, 4) is 0 Å². The number of halogens is 2. The molecular weight excluding hydrogens is 245 g/mol. The number of carbonyl (C=O) groups is 1. The van der Waals surface area contributed by atoms with Gasteiger partial charge in [-0.25, -0.2) is 14.8 Å². The number of carboxylic acids is 1. The van der Waals surface area contributed by atoms with Crippen molar-refractivity contribution in [1.82, 2.24) is 14.4 Å². The molecule has 82 valence electrons. The Bertz CT molecular complexity index is 485. The smallest absolute Gasteiger partial charge is 0.356 e. The molecule has 8 heteroatoms. The Morgan fingerprint density at radius 1 is 1.47 bits per heavy atom. The van der Waals surface area contributed by atoms with Gasteiger partial charge in [0.15, 0.2) is 5.69 Å². The first-order valence-electron chi connectivity index (χ1n) is 3.40. The van der Waals surface area contributed by atoms with Gasteiger partial charge in [-0.2, -0.15) is 0 Å². The highest BCUT2D eigenvalue weighted by molar-refractivity contribution is 6.30. The van der Waals surface area contributed by atoms with Crippen molar-refractivity contribution in [3.05, 3.63) is 29.3 Å². The van der Waals surface area contributed by atoms with E-state index in [4.69, 9.17) is 16.7 Å². The van der Waals surface area contributed by atoms with Crippen molar-refractivity contribution in [1.29, 1.82) is 0 Å². The first-order chi connectivity index (χ1) is 6.16. The van der Waals surface area contributed by atoms with E-state index < -0.39 is 5.97 Å². The van der Waals surface area contributed by atoms with Crippen LogP contribution in [0.3, 0.4) is 0 Å². The van der Waals surface area contributed by atoms with Crippen LogP contribution in [0.25, 0.3) is 5.78 Å². The number of fused-ring (bicyclic) bond motifs is 1. The molecule has 0 aliphatic rings.